The summed E-state index contributed by atoms with van der Waals surface area (Å²) in [5, 5.41) is 63.3. The molecule has 1 saturated heterocycles. The van der Waals surface area contributed by atoms with Crippen molar-refractivity contribution in [2.75, 3.05) is 37.9 Å². The number of H-pyrrole nitrogens is 6. The van der Waals surface area contributed by atoms with Gasteiger partial charge in [0.25, 0.3) is 0 Å². The first-order valence-electron chi connectivity index (χ1n) is 28.6. The number of fused-ring (bicyclic) bond motifs is 6. The third kappa shape index (κ3) is 24.7. The van der Waals surface area contributed by atoms with E-state index >= 15 is 0 Å². The van der Waals surface area contributed by atoms with E-state index in [0.717, 1.165) is 96.9 Å². The predicted octanol–water partition coefficient (Wildman–Crippen LogP) is 7.26. The van der Waals surface area contributed by atoms with E-state index in [1.807, 2.05) is 123 Å². The Morgan fingerprint density at radius 3 is 1.51 bits per heavy atom. The van der Waals surface area contributed by atoms with E-state index in [0.29, 0.717) is 34.8 Å². The van der Waals surface area contributed by atoms with Gasteiger partial charge in [-0.25, -0.2) is 14.6 Å². The molecule has 0 aliphatic carbocycles. The fourth-order valence-electron chi connectivity index (χ4n) is 8.55. The van der Waals surface area contributed by atoms with Gasteiger partial charge in [0.05, 0.1) is 68.9 Å². The van der Waals surface area contributed by atoms with Crippen molar-refractivity contribution in [3.05, 3.63) is 191 Å². The molecule has 96 heavy (non-hydrogen) atoms. The molecule has 0 atom stereocenters. The molecule has 14 rings (SSSR count). The standard InChI is InChI=1S/C16H14N4.C10H10N2O2.C8H6N2O2.C8H8N2O.C8H6N2O.C8H12N2.C4H8O.C2H6O.Al.Li.Mn.H2O4S.2O.H/c1-9-7-13-14(8-10(9)2)18-16(17-13)15-11-5-3-4-6-12(11)19-20-15;1-2-14-10(13)9-7-5-3-4-6-8(7)11-12-9;11-8(12)7-5-3-1-2-4-6(5)9-10-7;2*11-5-8-6-3-1-2-4-7(6)9-10-8;1-5-3-7(9)8(10)4-6(5)2;1-2-4-5-3-1;1-2-3;;;;1-5(2,3)4;;;/h3-8H,1-2H3,(H,17,18)(H,19,20);3-6H,2H2,1H3,(H,11,12);1-4H,(H,9,10)(H,11,12);1-4,11H,5H2,(H,9,10);1-5H,(H,9,10);3-4H,9-10H2,1-2H3;1-4H2;3H,2H2,1H3;;;;(H2,1,2,3,4);;;/q;;;;;;;;;+1;;;;;-1. The quantitative estimate of drug-likeness (QED) is 0.0256. The van der Waals surface area contributed by atoms with Crippen LogP contribution >= 0.6 is 0 Å². The molecule has 0 bridgehead atoms. The maximum atomic E-state index is 11.4. The molecule has 7 heterocycles. The van der Waals surface area contributed by atoms with Gasteiger partial charge >= 0.3 is 63.7 Å². The van der Waals surface area contributed by atoms with E-state index in [9.17, 15) is 14.4 Å². The number of esters is 1. The number of aliphatic hydroxyl groups excluding tert-OH is 2. The zero-order chi connectivity index (χ0) is 68.7. The first kappa shape index (κ1) is 80.8. The normalized spacial score (nSPS) is 10.8. The second-order valence-corrected chi connectivity index (χ2v) is 20.9. The van der Waals surface area contributed by atoms with E-state index in [-0.39, 0.29) is 62.5 Å². The molecule has 7 aromatic carbocycles. The summed E-state index contributed by atoms with van der Waals surface area (Å²) in [6.45, 7) is 14.3. The SMILES string of the molecule is C1CCOC1.CCO.CCOC(=O)c1n[nH]c2ccccc12.Cc1cc(N)c(N)cc1C.Cc1cc2nc(-c3n[nH]c4ccccc34)[nH]c2cc1C.O=C(O)c1n[nH]c2ccccc12.O=Cc1[nH]nc2ccccc12.O=S(=O)(O)O.OCc1[nH]nc2ccccc12.[Al].[H-].[Li+].[O]=[Mn]=[O]. The van der Waals surface area contributed by atoms with E-state index in [2.05, 4.69) is 93.0 Å². The van der Waals surface area contributed by atoms with Gasteiger partial charge < -0.3 is 42.7 Å². The number of hydrogen-bond acceptors (Lipinski definition) is 19. The molecule has 13 aromatic rings. The van der Waals surface area contributed by atoms with Crippen LogP contribution in [0.3, 0.4) is 0 Å². The Balaban J connectivity index is 0.000000381. The molecule has 32 heteroatoms. The molecule has 0 unspecified atom stereocenters. The zero-order valence-electron chi connectivity index (χ0n) is 54.5. The summed E-state index contributed by atoms with van der Waals surface area (Å²) < 4.78 is 58.2. The van der Waals surface area contributed by atoms with Crippen molar-refractivity contribution >= 4 is 123 Å². The number of carbonyl (C=O) groups is 3. The average molecular weight is 1380 g/mol. The minimum absolute atomic E-state index is 0. The van der Waals surface area contributed by atoms with Crippen LogP contribution in [-0.4, -0.2) is 156 Å². The molecule has 0 amide bonds. The van der Waals surface area contributed by atoms with Crippen molar-refractivity contribution in [3.63, 3.8) is 0 Å². The van der Waals surface area contributed by atoms with Crippen LogP contribution in [0.15, 0.2) is 146 Å². The Bertz CT molecular complexity index is 4620. The van der Waals surface area contributed by atoms with Crippen LogP contribution in [0.1, 0.15) is 87.5 Å². The van der Waals surface area contributed by atoms with Crippen molar-refractivity contribution in [1.82, 2.24) is 61.0 Å². The molecule has 28 nitrogen and oxygen atoms in total. The number of carboxylic acids is 1. The maximum absolute atomic E-state index is 11.4. The number of benzene rings is 7. The topological polar surface area (TPSA) is 463 Å². The Morgan fingerprint density at radius 1 is 0.604 bits per heavy atom. The van der Waals surface area contributed by atoms with Crippen LogP contribution in [0.2, 0.25) is 0 Å². The zero-order valence-corrected chi connectivity index (χ0v) is 56.6. The second kappa shape index (κ2) is 41.4. The summed E-state index contributed by atoms with van der Waals surface area (Å²) in [4.78, 5) is 40.5. The number of anilines is 2. The number of nitrogens with two attached hydrogens (primary N) is 2. The number of aromatic nitrogens is 12. The van der Waals surface area contributed by atoms with Crippen molar-refractivity contribution in [1.29, 1.82) is 0 Å². The van der Waals surface area contributed by atoms with Crippen molar-refractivity contribution < 1.29 is 99.5 Å². The number of ether oxygens (including phenoxy) is 2. The molecular weight excluding hydrogens is 1310 g/mol. The van der Waals surface area contributed by atoms with Crippen LogP contribution < -0.4 is 30.3 Å². The molecule has 3 radical (unpaired) electrons. The van der Waals surface area contributed by atoms with E-state index in [1.54, 1.807) is 32.0 Å². The Morgan fingerprint density at radius 2 is 1.02 bits per heavy atom. The number of nitrogens with one attached hydrogen (secondary N) is 6. The van der Waals surface area contributed by atoms with Gasteiger partial charge in [-0.05, 0) is 131 Å². The Labute approximate surface area is 580 Å². The molecule has 1 fully saturated rings. The summed E-state index contributed by atoms with van der Waals surface area (Å²) in [5.74, 6) is -0.583. The third-order valence-electron chi connectivity index (χ3n) is 13.2. The number of aryl methyl sites for hydroxylation is 4. The molecule has 15 N–H and O–H groups in total. The third-order valence-corrected chi connectivity index (χ3v) is 13.2. The number of para-hydroxylation sites is 5. The van der Waals surface area contributed by atoms with E-state index in [4.69, 9.17) is 61.5 Å². The number of aromatic amines is 6. The van der Waals surface area contributed by atoms with Crippen LogP contribution in [0.25, 0.3) is 77.1 Å². The average Bonchev–Trinajstić information content (AvgIpc) is 1.64. The number of aliphatic hydroxyl groups is 2. The Kier molecular flexibility index (Phi) is 34.9. The number of nitrogens with zero attached hydrogens (tertiary/aromatic N) is 6. The Hall–Kier alpha value is -9.43. The van der Waals surface area contributed by atoms with Crippen LogP contribution in [0.4, 0.5) is 11.4 Å². The van der Waals surface area contributed by atoms with Gasteiger partial charge in [0, 0.05) is 64.1 Å². The first-order valence-corrected chi connectivity index (χ1v) is 31.0. The molecule has 6 aromatic heterocycles. The molecule has 500 valence electrons. The van der Waals surface area contributed by atoms with Gasteiger partial charge in [-0.1, -0.05) is 91.0 Å². The van der Waals surface area contributed by atoms with Crippen molar-refractivity contribution in [2.24, 2.45) is 0 Å². The summed E-state index contributed by atoms with van der Waals surface area (Å²) in [6, 6.07) is 45.9. The van der Waals surface area contributed by atoms with Crippen LogP contribution in [0.5, 0.6) is 0 Å². The molecule has 0 saturated carbocycles. The molecule has 0 spiro atoms. The summed E-state index contributed by atoms with van der Waals surface area (Å²) >= 11 is -1.44. The number of carbonyl (C=O) groups excluding carboxylic acids is 2. The monoisotopic (exact) mass is 1380 g/mol. The van der Waals surface area contributed by atoms with Gasteiger partial charge in [0.2, 0.25) is 0 Å². The van der Waals surface area contributed by atoms with E-state index < -0.39 is 31.2 Å². The van der Waals surface area contributed by atoms with Gasteiger partial charge in [-0.15, -0.1) is 0 Å². The van der Waals surface area contributed by atoms with Gasteiger partial charge in [0.15, 0.2) is 23.5 Å². The number of imidazole rings is 1. The molecule has 1 aliphatic heterocycles. The number of aldehydes is 1. The summed E-state index contributed by atoms with van der Waals surface area (Å²) in [6.07, 6.45) is 3.33. The van der Waals surface area contributed by atoms with Crippen LogP contribution in [-0.2, 0) is 49.0 Å². The van der Waals surface area contributed by atoms with Gasteiger partial charge in [-0.2, -0.15) is 33.9 Å². The number of hydrogen-bond donors (Lipinski definition) is 13. The predicted molar refractivity (Wildman–Crippen MR) is 359 cm³/mol. The fraction of sp³-hybridized carbons (Fsp3) is 0.203. The van der Waals surface area contributed by atoms with Gasteiger partial charge in [0.1, 0.15) is 11.4 Å². The summed E-state index contributed by atoms with van der Waals surface area (Å²) in [7, 11) is -4.67. The fourth-order valence-corrected chi connectivity index (χ4v) is 8.55. The van der Waals surface area contributed by atoms with Crippen molar-refractivity contribution in [3.8, 4) is 11.5 Å². The first-order chi connectivity index (χ1) is 45.1. The number of carboxylic acid groups (broad SMARTS) is 1. The van der Waals surface area contributed by atoms with Gasteiger partial charge in [-0.3, -0.25) is 39.4 Å². The number of rotatable bonds is 6. The second-order valence-electron chi connectivity index (χ2n) is 19.8. The number of aromatic carboxylic acids is 1. The molecular formula is C64H73AlLiMnN14O14S. The minimum atomic E-state index is -4.67. The molecule has 1 aliphatic rings. The van der Waals surface area contributed by atoms with E-state index in [1.165, 1.54) is 35.1 Å². The summed E-state index contributed by atoms with van der Waals surface area (Å²) in [5.41, 5.74) is 26.3. The van der Waals surface area contributed by atoms with Crippen LogP contribution in [0, 0.1) is 27.7 Å². The van der Waals surface area contributed by atoms with Crippen molar-refractivity contribution in [2.45, 2.75) is 61.0 Å². The number of nitrogen functional groups attached to an aromatic ring is 2.